The Morgan fingerprint density at radius 2 is 1.47 bits per heavy atom. The Morgan fingerprint density at radius 1 is 0.824 bits per heavy atom. The van der Waals surface area contributed by atoms with Crippen molar-refractivity contribution in [2.75, 3.05) is 0 Å². The molecule has 0 aliphatic rings. The second-order valence-corrected chi connectivity index (χ2v) is 4.13. The van der Waals surface area contributed by atoms with Crippen LogP contribution in [0.2, 0.25) is 0 Å². The Hall–Kier alpha value is -0.963. The maximum absolute atomic E-state index is 2.25. The molecule has 1 heteroatoms. The monoisotopic (exact) mass is 218 g/mol. The van der Waals surface area contributed by atoms with Gasteiger partial charge in [0.05, 0.1) is 0 Å². The van der Waals surface area contributed by atoms with Crippen LogP contribution in [0.4, 0.5) is 0 Å². The quantitative estimate of drug-likeness (QED) is 0.679. The third kappa shape index (κ3) is 3.77. The molecule has 0 spiro atoms. The van der Waals surface area contributed by atoms with Crippen LogP contribution in [0.5, 0.6) is 0 Å². The van der Waals surface area contributed by atoms with Crippen LogP contribution in [0, 0.1) is 0 Å². The zero-order valence-corrected chi connectivity index (χ0v) is 9.82. The van der Waals surface area contributed by atoms with Crippen LogP contribution in [0.15, 0.2) is 54.6 Å². The van der Waals surface area contributed by atoms with Crippen molar-refractivity contribution in [1.29, 1.82) is 0 Å². The average molecular weight is 218 g/mol. The molecule has 0 saturated heterocycles. The predicted octanol–water partition coefficient (Wildman–Crippen LogP) is 4.05. The Kier molecular flexibility index (Phi) is 6.12. The third-order valence-electron chi connectivity index (χ3n) is 2.90. The summed E-state index contributed by atoms with van der Waals surface area (Å²) in [7, 11) is 0. The van der Waals surface area contributed by atoms with E-state index in [2.05, 4.69) is 61.5 Å². The normalized spacial score (nSPS) is 9.71. The molecule has 0 amide bonds. The third-order valence-corrected chi connectivity index (χ3v) is 2.90. The van der Waals surface area contributed by atoms with Crippen LogP contribution in [0.3, 0.4) is 0 Å². The van der Waals surface area contributed by atoms with Gasteiger partial charge >= 0.3 is 18.9 Å². The number of benzene rings is 2. The molecule has 0 fully saturated rings. The number of aryl methyl sites for hydroxylation is 1. The molecule has 17 heavy (non-hydrogen) atoms. The molecule has 0 unspecified atom stereocenters. The van der Waals surface area contributed by atoms with E-state index < -0.39 is 0 Å². The van der Waals surface area contributed by atoms with Crippen LogP contribution in [-0.2, 0) is 6.42 Å². The zero-order chi connectivity index (χ0) is 11.2. The van der Waals surface area contributed by atoms with E-state index in [1.807, 2.05) is 0 Å². The molecule has 0 nitrogen and oxygen atoms in total. The van der Waals surface area contributed by atoms with E-state index in [9.17, 15) is 0 Å². The van der Waals surface area contributed by atoms with Gasteiger partial charge in [-0.25, -0.2) is 0 Å². The van der Waals surface area contributed by atoms with Crippen molar-refractivity contribution in [1.82, 2.24) is 0 Å². The number of hydrogen-bond donors (Lipinski definition) is 0. The maximum atomic E-state index is 2.25. The van der Waals surface area contributed by atoms with Crippen molar-refractivity contribution in [3.8, 4) is 11.1 Å². The first-order valence-electron chi connectivity index (χ1n) is 6.05. The van der Waals surface area contributed by atoms with Crippen molar-refractivity contribution >= 4 is 18.9 Å². The van der Waals surface area contributed by atoms with Gasteiger partial charge in [-0.15, -0.1) is 0 Å². The molecule has 0 N–H and O–H groups in total. The predicted molar refractivity (Wildman–Crippen MR) is 77.6 cm³/mol. The summed E-state index contributed by atoms with van der Waals surface area (Å²) >= 11 is 0. The number of unbranched alkanes of at least 4 members (excludes halogenated alkanes) is 1. The van der Waals surface area contributed by atoms with Crippen molar-refractivity contribution in [3.63, 3.8) is 0 Å². The fourth-order valence-corrected chi connectivity index (χ4v) is 2.00. The Labute approximate surface area is 116 Å². The zero-order valence-electron chi connectivity index (χ0n) is 9.82. The first-order valence-corrected chi connectivity index (χ1v) is 6.05. The minimum atomic E-state index is 0. The average Bonchev–Trinajstić information content (AvgIpc) is 2.38. The summed E-state index contributed by atoms with van der Waals surface area (Å²) in [6.07, 6.45) is 3.70. The topological polar surface area (TPSA) is 0 Å². The van der Waals surface area contributed by atoms with Gasteiger partial charge in [0.1, 0.15) is 0 Å². The molecule has 0 heterocycles. The van der Waals surface area contributed by atoms with Gasteiger partial charge < -0.3 is 0 Å². The van der Waals surface area contributed by atoms with Crippen molar-refractivity contribution in [2.24, 2.45) is 0 Å². The summed E-state index contributed by atoms with van der Waals surface area (Å²) in [6.45, 7) is 2.24. The van der Waals surface area contributed by atoms with E-state index >= 15 is 0 Å². The van der Waals surface area contributed by atoms with Crippen molar-refractivity contribution in [2.45, 2.75) is 26.2 Å². The van der Waals surface area contributed by atoms with E-state index in [1.165, 1.54) is 36.0 Å². The van der Waals surface area contributed by atoms with Gasteiger partial charge in [-0.3, -0.25) is 0 Å². The molecule has 84 valence electrons. The van der Waals surface area contributed by atoms with Crippen LogP contribution in [0.25, 0.3) is 11.1 Å². The first kappa shape index (κ1) is 14.1. The van der Waals surface area contributed by atoms with Gasteiger partial charge in [0.15, 0.2) is 0 Å². The Balaban J connectivity index is 0.00000144. The molecule has 0 aliphatic heterocycles. The number of hydrogen-bond acceptors (Lipinski definition) is 0. The Bertz CT molecular complexity index is 434. The summed E-state index contributed by atoms with van der Waals surface area (Å²) < 4.78 is 0. The molecule has 0 radical (unpaired) electrons. The molecule has 2 aromatic carbocycles. The van der Waals surface area contributed by atoms with Gasteiger partial charge in [0, 0.05) is 0 Å². The van der Waals surface area contributed by atoms with Gasteiger partial charge in [-0.05, 0) is 29.5 Å². The molecule has 0 saturated carbocycles. The van der Waals surface area contributed by atoms with E-state index in [1.54, 1.807) is 0 Å². The summed E-state index contributed by atoms with van der Waals surface area (Å²) in [5, 5.41) is 0. The van der Waals surface area contributed by atoms with Gasteiger partial charge in [0.25, 0.3) is 0 Å². The summed E-state index contributed by atoms with van der Waals surface area (Å²) in [5.74, 6) is 0. The molecular weight excluding hydrogens is 199 g/mol. The fourth-order valence-electron chi connectivity index (χ4n) is 2.00. The van der Waals surface area contributed by atoms with Gasteiger partial charge in [-0.1, -0.05) is 67.9 Å². The standard InChI is InChI=1S/C16H18.Li.H/c1-2-3-9-14-12-7-8-13-16(14)15-10-5-4-6-11-15;;/h4-8,10-13H,2-3,9H2,1H3;;. The minimum absolute atomic E-state index is 0. The van der Waals surface area contributed by atoms with E-state index in [-0.39, 0.29) is 18.9 Å². The SMILES string of the molecule is CCCCc1ccccc1-c1ccccc1.[LiH]. The second kappa shape index (κ2) is 7.38. The fraction of sp³-hybridized carbons (Fsp3) is 0.250. The van der Waals surface area contributed by atoms with E-state index in [0.29, 0.717) is 0 Å². The van der Waals surface area contributed by atoms with Crippen LogP contribution < -0.4 is 0 Å². The van der Waals surface area contributed by atoms with Crippen LogP contribution >= 0.6 is 0 Å². The van der Waals surface area contributed by atoms with Gasteiger partial charge in [0.2, 0.25) is 0 Å². The second-order valence-electron chi connectivity index (χ2n) is 4.13. The first-order chi connectivity index (χ1) is 7.92. The summed E-state index contributed by atoms with van der Waals surface area (Å²) in [6, 6.07) is 19.4. The van der Waals surface area contributed by atoms with Crippen molar-refractivity contribution < 1.29 is 0 Å². The van der Waals surface area contributed by atoms with E-state index in [0.717, 1.165) is 0 Å². The molecule has 0 aromatic heterocycles. The summed E-state index contributed by atoms with van der Waals surface area (Å²) in [5.41, 5.74) is 4.18. The Morgan fingerprint density at radius 3 is 2.18 bits per heavy atom. The van der Waals surface area contributed by atoms with Gasteiger partial charge in [-0.2, -0.15) is 0 Å². The molecule has 2 rings (SSSR count). The molecule has 0 bridgehead atoms. The molecule has 2 aromatic rings. The van der Waals surface area contributed by atoms with Crippen LogP contribution in [0.1, 0.15) is 25.3 Å². The molecule has 0 aliphatic carbocycles. The molecular formula is C16H19Li. The molecule has 0 atom stereocenters. The summed E-state index contributed by atoms with van der Waals surface area (Å²) in [4.78, 5) is 0. The van der Waals surface area contributed by atoms with E-state index in [4.69, 9.17) is 0 Å². The van der Waals surface area contributed by atoms with Crippen LogP contribution in [-0.4, -0.2) is 18.9 Å². The van der Waals surface area contributed by atoms with Crippen molar-refractivity contribution in [3.05, 3.63) is 60.2 Å². The number of rotatable bonds is 4.